The first-order valence-electron chi connectivity index (χ1n) is 9.95. The Morgan fingerprint density at radius 1 is 1.03 bits per heavy atom. The molecule has 0 aliphatic carbocycles. The van der Waals surface area contributed by atoms with E-state index in [1.54, 1.807) is 23.1 Å². The molecule has 11 heteroatoms. The number of amides is 1. The average molecular weight is 495 g/mol. The topological polar surface area (TPSA) is 80.3 Å². The third kappa shape index (κ3) is 5.01. The van der Waals surface area contributed by atoms with Crippen molar-refractivity contribution in [3.05, 3.63) is 63.9 Å². The Labute approximate surface area is 199 Å². The zero-order chi connectivity index (χ0) is 22.7. The van der Waals surface area contributed by atoms with Crippen molar-refractivity contribution in [2.24, 2.45) is 0 Å². The number of thioether (sulfide) groups is 1. The Kier molecular flexibility index (Phi) is 7.20. The van der Waals surface area contributed by atoms with Crippen LogP contribution >= 0.6 is 35.0 Å². The van der Waals surface area contributed by atoms with Crippen LogP contribution in [0.5, 0.6) is 0 Å². The molecule has 1 aliphatic heterocycles. The van der Waals surface area contributed by atoms with Crippen molar-refractivity contribution in [2.45, 2.75) is 11.7 Å². The highest BCUT2D eigenvalue weighted by Gasteiger charge is 2.23. The molecular formula is C21H21Cl2FN6OS. The summed E-state index contributed by atoms with van der Waals surface area (Å²) in [6, 6.07) is 11.9. The van der Waals surface area contributed by atoms with Crippen molar-refractivity contribution < 1.29 is 9.18 Å². The molecule has 4 rings (SSSR count). The predicted octanol–water partition coefficient (Wildman–Crippen LogP) is 3.54. The van der Waals surface area contributed by atoms with Gasteiger partial charge in [-0.15, -0.1) is 10.2 Å². The van der Waals surface area contributed by atoms with E-state index < -0.39 is 0 Å². The SMILES string of the molecule is Nn1c(SCC(=O)N2CCN(Cc3c(F)cccc3Cl)CC2)nnc1-c1ccccc1Cl. The fraction of sp³-hybridized carbons (Fsp3) is 0.286. The van der Waals surface area contributed by atoms with Crippen molar-refractivity contribution in [1.82, 2.24) is 24.7 Å². The highest BCUT2D eigenvalue weighted by Crippen LogP contribution is 2.28. The van der Waals surface area contributed by atoms with Gasteiger partial charge >= 0.3 is 0 Å². The van der Waals surface area contributed by atoms with Gasteiger partial charge in [0.1, 0.15) is 5.82 Å². The summed E-state index contributed by atoms with van der Waals surface area (Å²) in [6.45, 7) is 2.83. The van der Waals surface area contributed by atoms with Gasteiger partial charge in [0.25, 0.3) is 0 Å². The number of piperazine rings is 1. The van der Waals surface area contributed by atoms with Crippen LogP contribution in [0.25, 0.3) is 11.4 Å². The summed E-state index contributed by atoms with van der Waals surface area (Å²) in [7, 11) is 0. The number of hydrogen-bond acceptors (Lipinski definition) is 6. The molecule has 0 bridgehead atoms. The first-order valence-corrected chi connectivity index (χ1v) is 11.7. The van der Waals surface area contributed by atoms with Gasteiger partial charge in [-0.3, -0.25) is 9.69 Å². The molecule has 168 valence electrons. The molecule has 1 fully saturated rings. The minimum atomic E-state index is -0.311. The molecule has 0 spiro atoms. The van der Waals surface area contributed by atoms with E-state index in [2.05, 4.69) is 15.1 Å². The number of carbonyl (C=O) groups excluding carboxylic acids is 1. The third-order valence-electron chi connectivity index (χ3n) is 5.27. The highest BCUT2D eigenvalue weighted by atomic mass is 35.5. The van der Waals surface area contributed by atoms with Gasteiger partial charge in [0.2, 0.25) is 11.1 Å². The van der Waals surface area contributed by atoms with Gasteiger partial charge in [-0.2, -0.15) is 0 Å². The summed E-state index contributed by atoms with van der Waals surface area (Å²) >= 11 is 13.6. The number of carbonyl (C=O) groups is 1. The van der Waals surface area contributed by atoms with Crippen LogP contribution in [0.1, 0.15) is 5.56 Å². The first kappa shape index (κ1) is 22.8. The molecule has 32 heavy (non-hydrogen) atoms. The molecule has 2 aromatic carbocycles. The van der Waals surface area contributed by atoms with Crippen molar-refractivity contribution in [3.8, 4) is 11.4 Å². The minimum Gasteiger partial charge on any atom is -0.339 e. The molecular weight excluding hydrogens is 474 g/mol. The van der Waals surface area contributed by atoms with Gasteiger partial charge in [-0.25, -0.2) is 9.07 Å². The second-order valence-corrected chi connectivity index (χ2v) is 9.06. The quantitative estimate of drug-likeness (QED) is 0.416. The molecule has 2 N–H and O–H groups in total. The summed E-state index contributed by atoms with van der Waals surface area (Å²) in [5.74, 6) is 6.43. The van der Waals surface area contributed by atoms with E-state index in [1.807, 2.05) is 18.2 Å². The van der Waals surface area contributed by atoms with E-state index >= 15 is 0 Å². The van der Waals surface area contributed by atoms with Crippen LogP contribution in [0.3, 0.4) is 0 Å². The van der Waals surface area contributed by atoms with Gasteiger partial charge in [0.05, 0.1) is 10.8 Å². The Bertz CT molecular complexity index is 1100. The Hall–Kier alpha value is -2.33. The van der Waals surface area contributed by atoms with E-state index in [1.165, 1.54) is 22.5 Å². The maximum Gasteiger partial charge on any atom is 0.233 e. The zero-order valence-electron chi connectivity index (χ0n) is 17.0. The van der Waals surface area contributed by atoms with Crippen LogP contribution in [0.4, 0.5) is 4.39 Å². The smallest absolute Gasteiger partial charge is 0.233 e. The lowest BCUT2D eigenvalue weighted by molar-refractivity contribution is -0.130. The normalized spacial score (nSPS) is 14.7. The van der Waals surface area contributed by atoms with E-state index in [0.29, 0.717) is 64.9 Å². The number of nitrogens with zero attached hydrogens (tertiary/aromatic N) is 5. The molecule has 0 atom stereocenters. The largest absolute Gasteiger partial charge is 0.339 e. The van der Waals surface area contributed by atoms with Crippen molar-refractivity contribution in [3.63, 3.8) is 0 Å². The lowest BCUT2D eigenvalue weighted by Gasteiger charge is -2.34. The van der Waals surface area contributed by atoms with Crippen LogP contribution in [0.15, 0.2) is 47.6 Å². The molecule has 3 aromatic rings. The molecule has 7 nitrogen and oxygen atoms in total. The summed E-state index contributed by atoms with van der Waals surface area (Å²) in [5, 5.41) is 9.57. The summed E-state index contributed by atoms with van der Waals surface area (Å²) < 4.78 is 15.4. The van der Waals surface area contributed by atoms with Crippen molar-refractivity contribution >= 4 is 40.9 Å². The van der Waals surface area contributed by atoms with Gasteiger partial charge in [0.15, 0.2) is 5.82 Å². The maximum absolute atomic E-state index is 14.0. The zero-order valence-corrected chi connectivity index (χ0v) is 19.4. The van der Waals surface area contributed by atoms with E-state index in [0.717, 1.165) is 0 Å². The number of nitrogen functional groups attached to an aromatic ring is 1. The van der Waals surface area contributed by atoms with Crippen LogP contribution in [-0.4, -0.2) is 62.5 Å². The van der Waals surface area contributed by atoms with E-state index in [-0.39, 0.29) is 17.5 Å². The fourth-order valence-electron chi connectivity index (χ4n) is 3.48. The first-order chi connectivity index (χ1) is 15.4. The molecule has 1 aromatic heterocycles. The predicted molar refractivity (Wildman–Crippen MR) is 125 cm³/mol. The number of hydrogen-bond donors (Lipinski definition) is 1. The summed E-state index contributed by atoms with van der Waals surface area (Å²) in [4.78, 5) is 16.6. The molecule has 0 unspecified atom stereocenters. The Morgan fingerprint density at radius 3 is 2.47 bits per heavy atom. The van der Waals surface area contributed by atoms with Gasteiger partial charge in [0, 0.05) is 48.9 Å². The van der Waals surface area contributed by atoms with E-state index in [4.69, 9.17) is 29.0 Å². The average Bonchev–Trinajstić information content (AvgIpc) is 3.15. The Morgan fingerprint density at radius 2 is 1.75 bits per heavy atom. The van der Waals surface area contributed by atoms with Crippen LogP contribution in [0.2, 0.25) is 10.0 Å². The molecule has 2 heterocycles. The molecule has 0 saturated carbocycles. The lowest BCUT2D eigenvalue weighted by atomic mass is 10.2. The Balaban J connectivity index is 1.30. The van der Waals surface area contributed by atoms with Gasteiger partial charge in [-0.05, 0) is 24.3 Å². The molecule has 1 aliphatic rings. The van der Waals surface area contributed by atoms with Crippen LogP contribution in [-0.2, 0) is 11.3 Å². The molecule has 1 amide bonds. The third-order valence-corrected chi connectivity index (χ3v) is 6.88. The van der Waals surface area contributed by atoms with Crippen LogP contribution in [0, 0.1) is 5.82 Å². The number of nitrogens with two attached hydrogens (primary N) is 1. The second-order valence-electron chi connectivity index (χ2n) is 7.30. The number of halogens is 3. The lowest BCUT2D eigenvalue weighted by Crippen LogP contribution is -2.48. The van der Waals surface area contributed by atoms with Crippen LogP contribution < -0.4 is 5.84 Å². The second kappa shape index (κ2) is 10.1. The summed E-state index contributed by atoms with van der Waals surface area (Å²) in [6.07, 6.45) is 0. The summed E-state index contributed by atoms with van der Waals surface area (Å²) in [5.41, 5.74) is 1.16. The van der Waals surface area contributed by atoms with E-state index in [9.17, 15) is 9.18 Å². The number of benzene rings is 2. The molecule has 1 saturated heterocycles. The highest BCUT2D eigenvalue weighted by molar-refractivity contribution is 7.99. The molecule has 0 radical (unpaired) electrons. The van der Waals surface area contributed by atoms with Crippen molar-refractivity contribution in [1.29, 1.82) is 0 Å². The minimum absolute atomic E-state index is 0.0131. The fourth-order valence-corrected chi connectivity index (χ4v) is 4.68. The van der Waals surface area contributed by atoms with Gasteiger partial charge < -0.3 is 10.7 Å². The van der Waals surface area contributed by atoms with Crippen molar-refractivity contribution in [2.75, 3.05) is 37.8 Å². The monoisotopic (exact) mass is 494 g/mol. The number of aromatic nitrogens is 3. The standard InChI is InChI=1S/C21H21Cl2FN6OS/c22-16-5-2-1-4-14(16)20-26-27-21(30(20)25)32-13-19(31)29-10-8-28(9-11-29)12-15-17(23)6-3-7-18(15)24/h1-7H,8-13,25H2. The number of rotatable bonds is 6. The maximum atomic E-state index is 14.0. The van der Waals surface area contributed by atoms with Gasteiger partial charge in [-0.1, -0.05) is 53.2 Å².